The molecule has 0 aromatic heterocycles. The molecule has 0 aliphatic carbocycles. The number of unbranched alkanes of at least 4 members (excludes halogenated alkanes) is 1. The Hall–Kier alpha value is -3.38. The van der Waals surface area contributed by atoms with Gasteiger partial charge in [-0.25, -0.2) is 0 Å². The number of nitrogens with two attached hydrogens (primary N) is 1. The third-order valence-corrected chi connectivity index (χ3v) is 6.84. The molecule has 0 saturated carbocycles. The Morgan fingerprint density at radius 2 is 1.77 bits per heavy atom. The maximum Gasteiger partial charge on any atom is 0.304 e. The third kappa shape index (κ3) is 6.40. The highest BCUT2D eigenvalue weighted by Crippen LogP contribution is 2.29. The Morgan fingerprint density at radius 1 is 1.00 bits per heavy atom. The number of amides is 1. The molecule has 0 bridgehead atoms. The van der Waals surface area contributed by atoms with E-state index in [0.717, 1.165) is 25.0 Å². The fourth-order valence-corrected chi connectivity index (χ4v) is 4.97. The molecule has 35 heavy (non-hydrogen) atoms. The van der Waals surface area contributed by atoms with Gasteiger partial charge in [-0.05, 0) is 72.7 Å². The minimum absolute atomic E-state index is 0.0866. The van der Waals surface area contributed by atoms with Crippen LogP contribution in [-0.4, -0.2) is 47.6 Å². The standard InChI is InChI=1S/C29H34N2O4/c30-16-4-3-6-21-11-13-26(14-12-21)35-20-25-18-24(19-28(32)33)29(34)31(25)17-15-23-9-5-8-22-7-1-2-10-27(22)23/h1-2,5,7-14,24-25H,3-4,6,15-20,30H2,(H,32,33)/t24-,25-/m0/s1. The van der Waals surface area contributed by atoms with Crippen molar-refractivity contribution in [3.8, 4) is 5.75 Å². The third-order valence-electron chi connectivity index (χ3n) is 6.84. The van der Waals surface area contributed by atoms with Gasteiger partial charge in [0.05, 0.1) is 18.4 Å². The van der Waals surface area contributed by atoms with E-state index in [1.807, 2.05) is 35.2 Å². The van der Waals surface area contributed by atoms with Crippen LogP contribution in [0.5, 0.6) is 5.75 Å². The van der Waals surface area contributed by atoms with Gasteiger partial charge in [0.25, 0.3) is 0 Å². The number of likely N-dealkylation sites (tertiary alicyclic amines) is 1. The first kappa shape index (κ1) is 24.7. The lowest BCUT2D eigenvalue weighted by Crippen LogP contribution is -2.39. The molecule has 1 heterocycles. The molecule has 0 spiro atoms. The van der Waals surface area contributed by atoms with E-state index >= 15 is 0 Å². The van der Waals surface area contributed by atoms with Crippen molar-refractivity contribution in [1.82, 2.24) is 4.90 Å². The summed E-state index contributed by atoms with van der Waals surface area (Å²) < 4.78 is 6.06. The number of hydrogen-bond donors (Lipinski definition) is 2. The van der Waals surface area contributed by atoms with Crippen LogP contribution < -0.4 is 10.5 Å². The maximum atomic E-state index is 13.1. The fourth-order valence-electron chi connectivity index (χ4n) is 4.97. The molecule has 1 aliphatic heterocycles. The van der Waals surface area contributed by atoms with E-state index in [1.54, 1.807) is 0 Å². The van der Waals surface area contributed by atoms with Crippen LogP contribution in [0.1, 0.15) is 36.8 Å². The van der Waals surface area contributed by atoms with Crippen molar-refractivity contribution in [1.29, 1.82) is 0 Å². The highest BCUT2D eigenvalue weighted by molar-refractivity contribution is 5.87. The number of aliphatic carboxylic acids is 1. The van der Waals surface area contributed by atoms with Gasteiger partial charge in [-0.15, -0.1) is 0 Å². The fraction of sp³-hybridized carbons (Fsp3) is 0.379. The predicted octanol–water partition coefficient (Wildman–Crippen LogP) is 4.43. The number of nitrogens with zero attached hydrogens (tertiary/aromatic N) is 1. The monoisotopic (exact) mass is 474 g/mol. The molecule has 3 aromatic carbocycles. The molecule has 1 fully saturated rings. The zero-order chi connectivity index (χ0) is 24.6. The molecular weight excluding hydrogens is 440 g/mol. The van der Waals surface area contributed by atoms with Crippen LogP contribution in [0.4, 0.5) is 0 Å². The number of fused-ring (bicyclic) bond motifs is 1. The number of benzene rings is 3. The van der Waals surface area contributed by atoms with Crippen molar-refractivity contribution in [2.24, 2.45) is 11.7 Å². The lowest BCUT2D eigenvalue weighted by Gasteiger charge is -2.25. The van der Waals surface area contributed by atoms with E-state index in [1.165, 1.54) is 21.9 Å². The highest BCUT2D eigenvalue weighted by atomic mass is 16.5. The highest BCUT2D eigenvalue weighted by Gasteiger charge is 2.40. The molecule has 3 N–H and O–H groups in total. The van der Waals surface area contributed by atoms with Crippen molar-refractivity contribution in [2.75, 3.05) is 19.7 Å². The second-order valence-electron chi connectivity index (χ2n) is 9.30. The van der Waals surface area contributed by atoms with Crippen molar-refractivity contribution < 1.29 is 19.4 Å². The van der Waals surface area contributed by atoms with Crippen LogP contribution in [0.25, 0.3) is 10.8 Å². The molecule has 1 amide bonds. The molecule has 2 atom stereocenters. The number of carboxylic acid groups (broad SMARTS) is 1. The molecule has 1 aliphatic rings. The van der Waals surface area contributed by atoms with Gasteiger partial charge in [0.15, 0.2) is 0 Å². The van der Waals surface area contributed by atoms with Crippen LogP contribution in [0.3, 0.4) is 0 Å². The molecule has 4 rings (SSSR count). The van der Waals surface area contributed by atoms with Crippen LogP contribution in [0.2, 0.25) is 0 Å². The van der Waals surface area contributed by atoms with Gasteiger partial charge in [0, 0.05) is 6.54 Å². The van der Waals surface area contributed by atoms with Gasteiger partial charge >= 0.3 is 5.97 Å². The van der Waals surface area contributed by atoms with Crippen LogP contribution in [0.15, 0.2) is 66.7 Å². The molecule has 0 unspecified atom stereocenters. The van der Waals surface area contributed by atoms with Crippen LogP contribution in [0, 0.1) is 5.92 Å². The first-order chi connectivity index (χ1) is 17.0. The summed E-state index contributed by atoms with van der Waals surface area (Å²) in [5.41, 5.74) is 8.00. The SMILES string of the molecule is NCCCCc1ccc(OC[C@@H]2C[C@@H](CC(=O)O)C(=O)N2CCc2cccc3ccccc23)cc1. The summed E-state index contributed by atoms with van der Waals surface area (Å²) in [6.07, 6.45) is 4.14. The Bertz CT molecular complexity index is 1140. The molecule has 1 saturated heterocycles. The normalized spacial score (nSPS) is 17.7. The van der Waals surface area contributed by atoms with Crippen molar-refractivity contribution in [2.45, 2.75) is 44.6 Å². The van der Waals surface area contributed by atoms with Gasteiger partial charge in [-0.1, -0.05) is 54.6 Å². The van der Waals surface area contributed by atoms with E-state index in [0.29, 0.717) is 32.5 Å². The molecule has 6 heteroatoms. The van der Waals surface area contributed by atoms with Gasteiger partial charge in [0.2, 0.25) is 5.91 Å². The summed E-state index contributed by atoms with van der Waals surface area (Å²) in [7, 11) is 0. The maximum absolute atomic E-state index is 13.1. The quantitative estimate of drug-likeness (QED) is 0.379. The molecule has 184 valence electrons. The Kier molecular flexibility index (Phi) is 8.37. The molecule has 6 nitrogen and oxygen atoms in total. The summed E-state index contributed by atoms with van der Waals surface area (Å²) >= 11 is 0. The van der Waals surface area contributed by atoms with Crippen molar-refractivity contribution >= 4 is 22.6 Å². The number of carboxylic acids is 1. The minimum Gasteiger partial charge on any atom is -0.491 e. The Morgan fingerprint density at radius 3 is 2.54 bits per heavy atom. The Balaban J connectivity index is 1.42. The van der Waals surface area contributed by atoms with E-state index in [-0.39, 0.29) is 18.4 Å². The zero-order valence-electron chi connectivity index (χ0n) is 20.1. The van der Waals surface area contributed by atoms with Gasteiger partial charge < -0.3 is 20.5 Å². The van der Waals surface area contributed by atoms with Gasteiger partial charge in [-0.3, -0.25) is 9.59 Å². The van der Waals surface area contributed by atoms with Crippen molar-refractivity contribution in [3.63, 3.8) is 0 Å². The number of rotatable bonds is 12. The summed E-state index contributed by atoms with van der Waals surface area (Å²) in [4.78, 5) is 26.3. The Labute approximate surface area is 206 Å². The summed E-state index contributed by atoms with van der Waals surface area (Å²) in [5, 5.41) is 11.7. The average molecular weight is 475 g/mol. The number of ether oxygens (including phenoxy) is 1. The second-order valence-corrected chi connectivity index (χ2v) is 9.30. The van der Waals surface area contributed by atoms with Crippen molar-refractivity contribution in [3.05, 3.63) is 77.9 Å². The lowest BCUT2D eigenvalue weighted by atomic mass is 10.0. The van der Waals surface area contributed by atoms with Gasteiger partial charge in [-0.2, -0.15) is 0 Å². The average Bonchev–Trinajstić information content (AvgIpc) is 3.15. The largest absolute Gasteiger partial charge is 0.491 e. The molecule has 3 aromatic rings. The minimum atomic E-state index is -0.941. The number of carbonyl (C=O) groups is 2. The topological polar surface area (TPSA) is 92.9 Å². The van der Waals surface area contributed by atoms with Gasteiger partial charge in [0.1, 0.15) is 12.4 Å². The first-order valence-corrected chi connectivity index (χ1v) is 12.5. The predicted molar refractivity (Wildman–Crippen MR) is 137 cm³/mol. The lowest BCUT2D eigenvalue weighted by molar-refractivity contribution is -0.142. The second kappa shape index (κ2) is 11.8. The number of hydrogen-bond acceptors (Lipinski definition) is 4. The van der Waals surface area contributed by atoms with E-state index in [2.05, 4.69) is 36.4 Å². The number of aryl methyl sites for hydroxylation is 1. The van der Waals surface area contributed by atoms with Crippen LogP contribution in [-0.2, 0) is 22.4 Å². The smallest absolute Gasteiger partial charge is 0.304 e. The van der Waals surface area contributed by atoms with E-state index in [9.17, 15) is 14.7 Å². The zero-order valence-corrected chi connectivity index (χ0v) is 20.1. The first-order valence-electron chi connectivity index (χ1n) is 12.5. The van der Waals surface area contributed by atoms with Crippen LogP contribution >= 0.6 is 0 Å². The van der Waals surface area contributed by atoms with E-state index < -0.39 is 11.9 Å². The summed E-state index contributed by atoms with van der Waals surface area (Å²) in [5.74, 6) is -0.769. The van der Waals surface area contributed by atoms with E-state index in [4.69, 9.17) is 10.5 Å². The molecular formula is C29H34N2O4. The summed E-state index contributed by atoms with van der Waals surface area (Å²) in [6, 6.07) is 22.4. The summed E-state index contributed by atoms with van der Waals surface area (Å²) in [6.45, 7) is 1.60. The number of carbonyl (C=O) groups excluding carboxylic acids is 1. The molecule has 0 radical (unpaired) electrons.